The van der Waals surface area contributed by atoms with Crippen LogP contribution in [0.3, 0.4) is 0 Å². The van der Waals surface area contributed by atoms with Crippen LogP contribution in [0.25, 0.3) is 0 Å². The number of nitrogens with zero attached hydrogens (tertiary/aromatic N) is 1. The van der Waals surface area contributed by atoms with Gasteiger partial charge in [0.2, 0.25) is 0 Å². The van der Waals surface area contributed by atoms with Gasteiger partial charge in [-0.05, 0) is 18.8 Å². The van der Waals surface area contributed by atoms with Crippen molar-refractivity contribution >= 4 is 0 Å². The molecule has 0 N–H and O–H groups in total. The van der Waals surface area contributed by atoms with Crippen LogP contribution in [0.2, 0.25) is 0 Å². The zero-order valence-electron chi connectivity index (χ0n) is 10.5. The van der Waals surface area contributed by atoms with Crippen LogP contribution in [0.4, 0.5) is 0 Å². The smallest absolute Gasteiger partial charge is 0.0462 e. The van der Waals surface area contributed by atoms with Gasteiger partial charge in [-0.1, -0.05) is 32.7 Å². The number of pyridine rings is 1. The second kappa shape index (κ2) is 9.27. The summed E-state index contributed by atoms with van der Waals surface area (Å²) in [6, 6.07) is 5.21. The fraction of sp³-hybridized carbons (Fsp3) is 0.615. The molecule has 0 unspecified atom stereocenters. The molecule has 0 atom stereocenters. The summed E-state index contributed by atoms with van der Waals surface area (Å²) in [4.78, 5) is 4.42. The molecule has 1 radical (unpaired) electrons. The van der Waals surface area contributed by atoms with Gasteiger partial charge in [-0.3, -0.25) is 0 Å². The molecule has 1 aromatic rings. The van der Waals surface area contributed by atoms with Crippen molar-refractivity contribution in [2.24, 2.45) is 0 Å². The molecule has 1 aliphatic rings. The summed E-state index contributed by atoms with van der Waals surface area (Å²) < 4.78 is 5.31. The minimum atomic E-state index is 0. The maximum Gasteiger partial charge on any atom is 0.0462 e. The van der Waals surface area contributed by atoms with Crippen LogP contribution in [0, 0.1) is 13.0 Å². The van der Waals surface area contributed by atoms with E-state index >= 15 is 0 Å². The molecule has 0 aliphatic carbocycles. The van der Waals surface area contributed by atoms with Gasteiger partial charge in [-0.25, -0.2) is 0 Å². The Hall–Kier alpha value is 0.214. The zero-order valence-corrected chi connectivity index (χ0v) is 13.3. The Balaban J connectivity index is 0.000000711. The molecular weight excluding hydrogens is 275 g/mol. The van der Waals surface area contributed by atoms with Crippen molar-refractivity contribution in [3.05, 3.63) is 29.6 Å². The third-order valence-electron chi connectivity index (χ3n) is 2.49. The number of hydrogen-bond donors (Lipinski definition) is 0. The van der Waals surface area contributed by atoms with Crippen molar-refractivity contribution in [2.75, 3.05) is 13.2 Å². The second-order valence-corrected chi connectivity index (χ2v) is 3.54. The van der Waals surface area contributed by atoms with Gasteiger partial charge in [-0.2, -0.15) is 12.1 Å². The Morgan fingerprint density at radius 1 is 1.31 bits per heavy atom. The number of ether oxygens (including phenoxy) is 1. The van der Waals surface area contributed by atoms with E-state index in [1.165, 1.54) is 5.69 Å². The first-order valence-electron chi connectivity index (χ1n) is 5.78. The molecule has 1 aromatic heterocycles. The Labute approximate surface area is 124 Å². The minimum Gasteiger partial charge on any atom is -0.387 e. The molecule has 87 valence electrons. The van der Waals surface area contributed by atoms with Gasteiger partial charge in [0.1, 0.15) is 0 Å². The van der Waals surface area contributed by atoms with Gasteiger partial charge < -0.3 is 9.72 Å². The maximum atomic E-state index is 5.31. The van der Waals surface area contributed by atoms with Crippen LogP contribution >= 0.6 is 0 Å². The van der Waals surface area contributed by atoms with Crippen LogP contribution in [0.1, 0.15) is 43.9 Å². The topological polar surface area (TPSA) is 22.1 Å². The van der Waals surface area contributed by atoms with E-state index < -0.39 is 0 Å². The maximum absolute atomic E-state index is 5.31. The first-order chi connectivity index (χ1) is 7.36. The van der Waals surface area contributed by atoms with Gasteiger partial charge in [0, 0.05) is 45.9 Å². The SMILES string of the molecule is CC.Cc1[c-]cc(C2CCOCC2)nc1.[Y]. The van der Waals surface area contributed by atoms with Gasteiger partial charge in [-0.15, -0.1) is 5.56 Å². The van der Waals surface area contributed by atoms with Gasteiger partial charge in [0.05, 0.1) is 0 Å². The molecule has 1 fully saturated rings. The summed E-state index contributed by atoms with van der Waals surface area (Å²) in [6.45, 7) is 7.77. The molecule has 2 nitrogen and oxygen atoms in total. The fourth-order valence-electron chi connectivity index (χ4n) is 1.65. The molecule has 0 saturated carbocycles. The van der Waals surface area contributed by atoms with Gasteiger partial charge >= 0.3 is 0 Å². The normalized spacial score (nSPS) is 15.7. The average molecular weight is 295 g/mol. The summed E-state index contributed by atoms with van der Waals surface area (Å²) in [7, 11) is 0. The number of aromatic nitrogens is 1. The van der Waals surface area contributed by atoms with Crippen molar-refractivity contribution in [2.45, 2.75) is 39.5 Å². The van der Waals surface area contributed by atoms with E-state index in [0.717, 1.165) is 31.6 Å². The predicted molar refractivity (Wildman–Crippen MR) is 62.0 cm³/mol. The quantitative estimate of drug-likeness (QED) is 0.743. The first kappa shape index (κ1) is 16.2. The van der Waals surface area contributed by atoms with Crippen LogP contribution < -0.4 is 0 Å². The van der Waals surface area contributed by atoms with Gasteiger partial charge in [0.15, 0.2) is 0 Å². The summed E-state index contributed by atoms with van der Waals surface area (Å²) in [5.41, 5.74) is 2.28. The molecule has 0 bridgehead atoms. The fourth-order valence-corrected chi connectivity index (χ4v) is 1.65. The molecule has 2 rings (SSSR count). The molecular formula is C13H20NOY-. The molecule has 1 aliphatic heterocycles. The van der Waals surface area contributed by atoms with Crippen LogP contribution in [0.15, 0.2) is 12.3 Å². The summed E-state index contributed by atoms with van der Waals surface area (Å²) in [6.07, 6.45) is 4.10. The summed E-state index contributed by atoms with van der Waals surface area (Å²) >= 11 is 0. The summed E-state index contributed by atoms with van der Waals surface area (Å²) in [5, 5.41) is 0. The van der Waals surface area contributed by atoms with Gasteiger partial charge in [0.25, 0.3) is 0 Å². The monoisotopic (exact) mass is 295 g/mol. The van der Waals surface area contributed by atoms with E-state index in [1.54, 1.807) is 0 Å². The molecule has 16 heavy (non-hydrogen) atoms. The molecule has 1 saturated heterocycles. The van der Waals surface area contributed by atoms with E-state index in [9.17, 15) is 0 Å². The zero-order chi connectivity index (χ0) is 11.1. The van der Waals surface area contributed by atoms with E-state index in [1.807, 2.05) is 33.0 Å². The van der Waals surface area contributed by atoms with E-state index in [4.69, 9.17) is 4.74 Å². The largest absolute Gasteiger partial charge is 0.387 e. The molecule has 0 spiro atoms. The standard InChI is InChI=1S/C11H14NO.C2H6.Y/c1-9-2-3-11(12-8-9)10-4-6-13-7-5-10;1-2;/h3,8,10H,4-7H2,1H3;1-2H3;/q-1;;. The number of aryl methyl sites for hydroxylation is 1. The van der Waals surface area contributed by atoms with Crippen molar-refractivity contribution in [3.8, 4) is 0 Å². The third-order valence-corrected chi connectivity index (χ3v) is 2.49. The van der Waals surface area contributed by atoms with Crippen LogP contribution in [-0.2, 0) is 37.4 Å². The van der Waals surface area contributed by atoms with E-state index in [2.05, 4.69) is 11.1 Å². The number of rotatable bonds is 1. The Bertz CT molecular complexity index is 268. The van der Waals surface area contributed by atoms with Crippen molar-refractivity contribution in [1.29, 1.82) is 0 Å². The molecule has 3 heteroatoms. The van der Waals surface area contributed by atoms with E-state index in [-0.39, 0.29) is 32.7 Å². The van der Waals surface area contributed by atoms with E-state index in [0.29, 0.717) is 5.92 Å². The number of hydrogen-bond acceptors (Lipinski definition) is 2. The van der Waals surface area contributed by atoms with Crippen LogP contribution in [0.5, 0.6) is 0 Å². The van der Waals surface area contributed by atoms with Crippen molar-refractivity contribution in [1.82, 2.24) is 4.98 Å². The van der Waals surface area contributed by atoms with Crippen molar-refractivity contribution in [3.63, 3.8) is 0 Å². The summed E-state index contributed by atoms with van der Waals surface area (Å²) in [5.74, 6) is 0.589. The van der Waals surface area contributed by atoms with Crippen molar-refractivity contribution < 1.29 is 37.4 Å². The van der Waals surface area contributed by atoms with Crippen LogP contribution in [-0.4, -0.2) is 18.2 Å². The Kier molecular flexibility index (Phi) is 9.39. The predicted octanol–water partition coefficient (Wildman–Crippen LogP) is 3.11. The second-order valence-electron chi connectivity index (χ2n) is 3.54. The third kappa shape index (κ3) is 5.03. The Morgan fingerprint density at radius 2 is 1.94 bits per heavy atom. The first-order valence-corrected chi connectivity index (χ1v) is 5.78. The minimum absolute atomic E-state index is 0. The molecule has 0 aromatic carbocycles. The average Bonchev–Trinajstić information content (AvgIpc) is 2.34. The molecule has 2 heterocycles. The molecule has 0 amide bonds. The Morgan fingerprint density at radius 3 is 2.44 bits per heavy atom.